The van der Waals surface area contributed by atoms with Gasteiger partial charge in [0.1, 0.15) is 43.7 Å². The molecule has 34 heteroatoms. The van der Waals surface area contributed by atoms with E-state index >= 15 is 0 Å². The fourth-order valence-corrected chi connectivity index (χ4v) is 9.27. The van der Waals surface area contributed by atoms with Gasteiger partial charge in [0, 0.05) is 30.8 Å². The van der Waals surface area contributed by atoms with Crippen molar-refractivity contribution < 1.29 is 202 Å². The van der Waals surface area contributed by atoms with E-state index in [9.17, 15) is 52.5 Å². The van der Waals surface area contributed by atoms with Gasteiger partial charge in [0.2, 0.25) is 0 Å². The number of nitrogens with two attached hydrogens (primary N) is 1. The number of hydrogen-bond donors (Lipinski definition) is 4. The molecule has 0 radical (unpaired) electrons. The van der Waals surface area contributed by atoms with Gasteiger partial charge in [-0.2, -0.15) is 23.8 Å². The molecule has 2 aliphatic heterocycles. The predicted octanol–water partition coefficient (Wildman–Crippen LogP) is -9.60. The minimum Gasteiger partial charge on any atom is -0.756 e. The number of nitrogens with one attached hydrogen (secondary N) is 1. The van der Waals surface area contributed by atoms with Gasteiger partial charge < -0.3 is 57.0 Å². The Morgan fingerprint density at radius 1 is 0.725 bits per heavy atom. The van der Waals surface area contributed by atoms with E-state index in [1.54, 1.807) is 0 Å². The van der Waals surface area contributed by atoms with Crippen LogP contribution in [0.3, 0.4) is 0 Å². The van der Waals surface area contributed by atoms with Crippen molar-refractivity contribution in [1.29, 1.82) is 0 Å². The monoisotopic (exact) mass is 1100 g/mol. The minimum atomic E-state index is -4.72. The molecular weight excluding hydrogens is 1040 g/mol. The van der Waals surface area contributed by atoms with Crippen LogP contribution in [0.4, 0.5) is 5.82 Å². The van der Waals surface area contributed by atoms with Gasteiger partial charge in [-0.05, 0) is 38.7 Å². The molecule has 0 aliphatic carbocycles. The van der Waals surface area contributed by atoms with Gasteiger partial charge in [-0.15, -0.1) is 0 Å². The number of nitrogens with zero attached hydrogens (tertiary/aromatic N) is 3. The average molecular weight is 1100 g/mol. The summed E-state index contributed by atoms with van der Waals surface area (Å²) >= 11 is 0. The third-order valence-electron chi connectivity index (χ3n) is 9.31. The second kappa shape index (κ2) is 36.1. The zero-order valence-electron chi connectivity index (χ0n) is 40.9. The van der Waals surface area contributed by atoms with Crippen molar-refractivity contribution in [3.05, 3.63) is 55.3 Å². The van der Waals surface area contributed by atoms with Crippen molar-refractivity contribution in [3.63, 3.8) is 0 Å². The van der Waals surface area contributed by atoms with Crippen molar-refractivity contribution in [3.8, 4) is 0 Å². The Hall–Kier alpha value is 1.88. The molecule has 26 nitrogen and oxygen atoms in total. The molecule has 2 fully saturated rings. The number of aromatic nitrogens is 4. The van der Waals surface area contributed by atoms with Crippen LogP contribution in [0.5, 0.6) is 0 Å². The topological polar surface area (TPSA) is 369 Å². The van der Waals surface area contributed by atoms with Gasteiger partial charge in [0.15, 0.2) is 0 Å². The number of H-pyrrole nitrogens is 1. The average Bonchev–Trinajstić information content (AvgIpc) is 3.80. The first-order valence-electron chi connectivity index (χ1n) is 21.0. The van der Waals surface area contributed by atoms with Gasteiger partial charge in [-0.1, -0.05) is 53.4 Å². The SMILES string of the molecule is CCCCOP(=O)([O-])OC[C@H]1O[C@@H](n2ccc(N)nc2=O)C[C@@H]1OP(=O)([O-])OCCCC.CCCCOP(=O)([O-])O[C@H]1CC(n2cc(C)c(=O)[nH]c2=O)O[C@@H]1CO[P+](O)(O)OCCCC.[Na+].[Na+].[Na+].[Na+]. The summed E-state index contributed by atoms with van der Waals surface area (Å²) in [5.74, 6) is 0.00170. The largest absolute Gasteiger partial charge is 1.00 e. The maximum absolute atomic E-state index is 12.2. The number of unbranched alkanes of at least 4 members (excludes halogenated alkanes) is 4. The summed E-state index contributed by atoms with van der Waals surface area (Å²) < 4.78 is 89.5. The van der Waals surface area contributed by atoms with Crippen LogP contribution in [0.25, 0.3) is 0 Å². The molecule has 0 bridgehead atoms. The van der Waals surface area contributed by atoms with E-state index in [4.69, 9.17) is 51.4 Å². The van der Waals surface area contributed by atoms with Crippen molar-refractivity contribution in [1.82, 2.24) is 19.1 Å². The van der Waals surface area contributed by atoms with E-state index in [2.05, 4.69) is 9.97 Å². The van der Waals surface area contributed by atoms with E-state index in [-0.39, 0.29) is 169 Å². The Labute approximate surface area is 489 Å². The number of hydrogen-bond acceptors (Lipinski definition) is 23. The van der Waals surface area contributed by atoms with Crippen LogP contribution >= 0.6 is 31.6 Å². The molecule has 5 N–H and O–H groups in total. The first-order valence-corrected chi connectivity index (χ1v) is 26.9. The van der Waals surface area contributed by atoms with E-state index in [1.165, 1.54) is 25.4 Å². The smallest absolute Gasteiger partial charge is 0.756 e. The van der Waals surface area contributed by atoms with Crippen LogP contribution in [-0.4, -0.2) is 92.9 Å². The van der Waals surface area contributed by atoms with Crippen molar-refractivity contribution in [2.45, 2.75) is 136 Å². The second-order valence-electron chi connectivity index (χ2n) is 14.7. The number of aryl methyl sites for hydroxylation is 1. The Balaban J connectivity index is 0. The summed E-state index contributed by atoms with van der Waals surface area (Å²) in [6, 6.07) is 1.37. The second-order valence-corrected chi connectivity index (χ2v) is 20.3. The van der Waals surface area contributed by atoms with Crippen molar-refractivity contribution in [2.75, 3.05) is 45.4 Å². The summed E-state index contributed by atoms with van der Waals surface area (Å²) in [5, 5.41) is 0. The third-order valence-corrected chi connectivity index (χ3v) is 13.3. The van der Waals surface area contributed by atoms with Crippen LogP contribution in [0.15, 0.2) is 32.8 Å². The normalized spacial score (nSPS) is 22.5. The van der Waals surface area contributed by atoms with Gasteiger partial charge >= 0.3 is 138 Å². The standard InChI is InChI=1S/C18H32N2O11P2.C17H31N3O10P2.4Na/c1-4-6-8-27-32(23,24)29-12-15-14(31-33(25,26)28-9-7-5-2)10-16(30-15)20-11-13(3)17(21)19-18(20)22;1-3-5-9-26-31(22,23)28-12-14-13(30-32(24,25)27-10-6-4-2)11-16(29-14)20-8-7-15(18)19-17(20)21;;;;/h11,14-16,23-24H,4-10,12H2,1-3H3,(H-,19,21,22,25,26);7-8,13-14,16H,3-6,9-12H2,1-2H3,(H,22,23)(H,24,25)(H2,18,19,21);;;;/q;;4*+1/p-2/t14-,15+,16?;13-,14+,16+;;;;/m00..../s1. The molecule has 374 valence electrons. The number of ether oxygens (including phenoxy) is 2. The predicted molar refractivity (Wildman–Crippen MR) is 225 cm³/mol. The fourth-order valence-electron chi connectivity index (χ4n) is 5.80. The molecule has 0 aromatic carbocycles. The zero-order chi connectivity index (χ0) is 48.4. The van der Waals surface area contributed by atoms with E-state index in [1.807, 2.05) is 27.7 Å². The maximum Gasteiger partial charge on any atom is 1.00 e. The van der Waals surface area contributed by atoms with E-state index < -0.39 is 98.7 Å². The Morgan fingerprint density at radius 3 is 1.65 bits per heavy atom. The molecule has 0 spiro atoms. The van der Waals surface area contributed by atoms with Crippen LogP contribution in [-0.2, 0) is 59.4 Å². The fraction of sp³-hybridized carbons (Fsp3) is 0.771. The van der Waals surface area contributed by atoms with Crippen molar-refractivity contribution >= 4 is 37.5 Å². The van der Waals surface area contributed by atoms with E-state index in [0.29, 0.717) is 25.7 Å². The maximum atomic E-state index is 12.2. The molecule has 0 saturated carbocycles. The number of phosphoric acid groups is 3. The molecule has 4 rings (SSSR count). The molecule has 69 heavy (non-hydrogen) atoms. The number of phosphoric ester groups is 3. The molecule has 4 unspecified atom stereocenters. The number of nitrogen functional groups attached to an aromatic ring is 1. The number of aromatic amines is 1. The quantitative estimate of drug-likeness (QED) is 0.0349. The van der Waals surface area contributed by atoms with Gasteiger partial charge in [-0.3, -0.25) is 32.6 Å². The molecular formula is C35H61N5Na4O21P4+2. The summed E-state index contributed by atoms with van der Waals surface area (Å²) in [6.45, 7) is 7.84. The van der Waals surface area contributed by atoms with Crippen LogP contribution in [0, 0.1) is 6.92 Å². The number of rotatable bonds is 28. The molecule has 2 aromatic rings. The Morgan fingerprint density at radius 2 is 1.17 bits per heavy atom. The van der Waals surface area contributed by atoms with Crippen molar-refractivity contribution in [2.24, 2.45) is 0 Å². The number of anilines is 1. The first kappa shape index (κ1) is 73.0. The zero-order valence-corrected chi connectivity index (χ0v) is 52.4. The molecule has 2 aromatic heterocycles. The van der Waals surface area contributed by atoms with E-state index in [0.717, 1.165) is 34.8 Å². The third kappa shape index (κ3) is 27.2. The van der Waals surface area contributed by atoms with Gasteiger partial charge in [0.05, 0.1) is 38.6 Å². The van der Waals surface area contributed by atoms with Crippen LogP contribution < -0.4 is 156 Å². The first-order chi connectivity index (χ1) is 30.5. The molecule has 9 atom stereocenters. The summed E-state index contributed by atoms with van der Waals surface area (Å²) in [6.07, 6.45) is 0.854. The molecule has 4 heterocycles. The Bertz CT molecular complexity index is 2110. The summed E-state index contributed by atoms with van der Waals surface area (Å²) in [5.41, 5.74) is 3.69. The summed E-state index contributed by atoms with van der Waals surface area (Å²) in [4.78, 5) is 98.0. The van der Waals surface area contributed by atoms with Gasteiger partial charge in [-0.25, -0.2) is 9.59 Å². The Kier molecular flexibility index (Phi) is 38.1. The van der Waals surface area contributed by atoms with Gasteiger partial charge in [0.25, 0.3) is 29.0 Å². The molecule has 2 saturated heterocycles. The van der Waals surface area contributed by atoms with Crippen LogP contribution in [0.1, 0.15) is 110 Å². The molecule has 0 amide bonds. The van der Waals surface area contributed by atoms with Crippen LogP contribution in [0.2, 0.25) is 0 Å². The summed E-state index contributed by atoms with van der Waals surface area (Å²) in [7, 11) is -18.3. The minimum absolute atomic E-state index is 0. The molecule has 2 aliphatic rings.